The second-order valence-electron chi connectivity index (χ2n) is 10.1. The third kappa shape index (κ3) is 9.65. The van der Waals surface area contributed by atoms with Gasteiger partial charge in [-0.25, -0.2) is 4.79 Å². The fourth-order valence-corrected chi connectivity index (χ4v) is 5.17. The lowest BCUT2D eigenvalue weighted by atomic mass is 9.94. The zero-order valence-electron chi connectivity index (χ0n) is 24.6. The predicted molar refractivity (Wildman–Crippen MR) is 162 cm³/mol. The molecule has 1 aliphatic carbocycles. The lowest BCUT2D eigenvalue weighted by Crippen LogP contribution is -2.53. The second kappa shape index (κ2) is 16.4. The van der Waals surface area contributed by atoms with E-state index in [1.165, 1.54) is 41.7 Å². The Hall–Kier alpha value is -2.53. The summed E-state index contributed by atoms with van der Waals surface area (Å²) in [5.74, 6) is 0.659. The summed E-state index contributed by atoms with van der Waals surface area (Å²) >= 11 is 5.78. The number of rotatable bonds is 9. The first-order chi connectivity index (χ1) is 18.3. The van der Waals surface area contributed by atoms with Crippen LogP contribution in [0.2, 0.25) is 5.02 Å². The monoisotopic (exact) mass is 541 g/mol. The smallest absolute Gasteiger partial charge is 0.409 e. The van der Waals surface area contributed by atoms with Crippen molar-refractivity contribution in [1.82, 2.24) is 9.80 Å². The van der Waals surface area contributed by atoms with Crippen LogP contribution in [0, 0.1) is 5.92 Å². The van der Waals surface area contributed by atoms with Crippen LogP contribution < -0.4 is 0 Å². The number of benzene rings is 1. The second-order valence-corrected chi connectivity index (χ2v) is 10.5. The van der Waals surface area contributed by atoms with Gasteiger partial charge in [-0.3, -0.25) is 4.99 Å². The molecule has 1 saturated carbocycles. The number of piperazine rings is 1. The minimum atomic E-state index is -0.203. The minimum Gasteiger partial charge on any atom is -0.450 e. The van der Waals surface area contributed by atoms with E-state index >= 15 is 0 Å². The summed E-state index contributed by atoms with van der Waals surface area (Å²) in [5, 5.41) is 0.839. The van der Waals surface area contributed by atoms with E-state index in [9.17, 15) is 4.79 Å². The highest BCUT2D eigenvalue weighted by Gasteiger charge is 2.33. The van der Waals surface area contributed by atoms with Crippen LogP contribution in [0.3, 0.4) is 0 Å². The molecular formula is C32H48ClN3O2. The number of carbonyl (C=O) groups is 1. The van der Waals surface area contributed by atoms with Crippen LogP contribution in [-0.2, 0) is 11.2 Å². The van der Waals surface area contributed by atoms with E-state index in [2.05, 4.69) is 64.7 Å². The van der Waals surface area contributed by atoms with Crippen LogP contribution in [0.15, 0.2) is 64.5 Å². The van der Waals surface area contributed by atoms with E-state index in [1.54, 1.807) is 0 Å². The highest BCUT2D eigenvalue weighted by atomic mass is 35.5. The van der Waals surface area contributed by atoms with Crippen molar-refractivity contribution in [3.63, 3.8) is 0 Å². The molecule has 2 fully saturated rings. The van der Waals surface area contributed by atoms with E-state index in [0.29, 0.717) is 25.6 Å². The molecule has 0 bridgehead atoms. The van der Waals surface area contributed by atoms with Gasteiger partial charge >= 0.3 is 6.09 Å². The first-order valence-electron chi connectivity index (χ1n) is 14.3. The van der Waals surface area contributed by atoms with Crippen LogP contribution in [0.25, 0.3) is 0 Å². The number of amides is 1. The molecule has 0 spiro atoms. The Morgan fingerprint density at radius 1 is 1.18 bits per heavy atom. The zero-order chi connectivity index (χ0) is 28.1. The number of halogens is 1. The lowest BCUT2D eigenvalue weighted by Gasteiger charge is -2.42. The Morgan fingerprint density at radius 3 is 2.47 bits per heavy atom. The van der Waals surface area contributed by atoms with Crippen LogP contribution in [0.1, 0.15) is 79.7 Å². The fraction of sp³-hybridized carbons (Fsp3) is 0.562. The van der Waals surface area contributed by atoms with Crippen LogP contribution in [0.5, 0.6) is 0 Å². The molecule has 1 unspecified atom stereocenters. The number of aliphatic imine (C=N–C) groups is 1. The number of hydrogen-bond acceptors (Lipinski definition) is 4. The average Bonchev–Trinajstić information content (AvgIpc) is 3.73. The highest BCUT2D eigenvalue weighted by molar-refractivity contribution is 6.30. The summed E-state index contributed by atoms with van der Waals surface area (Å²) < 4.78 is 5.18. The molecule has 1 amide bonds. The molecule has 6 heteroatoms. The minimum absolute atomic E-state index is 0.203. The molecule has 210 valence electrons. The van der Waals surface area contributed by atoms with Gasteiger partial charge in [0.2, 0.25) is 0 Å². The summed E-state index contributed by atoms with van der Waals surface area (Å²) in [6.07, 6.45) is 11.9. The van der Waals surface area contributed by atoms with E-state index in [0.717, 1.165) is 30.1 Å². The molecule has 1 aromatic carbocycles. The molecule has 0 aromatic heterocycles. The summed E-state index contributed by atoms with van der Waals surface area (Å²) in [5.41, 5.74) is 6.37. The van der Waals surface area contributed by atoms with Crippen molar-refractivity contribution in [1.29, 1.82) is 0 Å². The summed E-state index contributed by atoms with van der Waals surface area (Å²) in [6, 6.07) is 8.26. The van der Waals surface area contributed by atoms with Gasteiger partial charge in [0.25, 0.3) is 0 Å². The third-order valence-electron chi connectivity index (χ3n) is 6.96. The number of ether oxygens (including phenoxy) is 1. The summed E-state index contributed by atoms with van der Waals surface area (Å²) in [6.45, 7) is 17.4. The summed E-state index contributed by atoms with van der Waals surface area (Å²) in [7, 11) is 0. The maximum absolute atomic E-state index is 12.1. The number of hydrogen-bond donors (Lipinski definition) is 0. The molecular weight excluding hydrogens is 494 g/mol. The number of aryl methyl sites for hydroxylation is 1. The van der Waals surface area contributed by atoms with E-state index in [4.69, 9.17) is 21.3 Å². The quantitative estimate of drug-likeness (QED) is 0.232. The average molecular weight is 542 g/mol. The van der Waals surface area contributed by atoms with Crippen molar-refractivity contribution in [3.05, 3.63) is 70.0 Å². The van der Waals surface area contributed by atoms with Gasteiger partial charge in [-0.15, -0.1) is 0 Å². The van der Waals surface area contributed by atoms with Gasteiger partial charge in [0.15, 0.2) is 0 Å². The van der Waals surface area contributed by atoms with Crippen molar-refractivity contribution < 1.29 is 9.53 Å². The Kier molecular flexibility index (Phi) is 13.7. The fourth-order valence-electron chi connectivity index (χ4n) is 4.95. The molecule has 0 radical (unpaired) electrons. The molecule has 1 aliphatic heterocycles. The maximum atomic E-state index is 12.1. The predicted octanol–water partition coefficient (Wildman–Crippen LogP) is 8.46. The Balaban J connectivity index is 0.000000423. The zero-order valence-corrected chi connectivity index (χ0v) is 25.4. The van der Waals surface area contributed by atoms with Gasteiger partial charge in [-0.05, 0) is 89.5 Å². The molecule has 1 heterocycles. The molecule has 0 N–H and O–H groups in total. The third-order valence-corrected chi connectivity index (χ3v) is 7.20. The van der Waals surface area contributed by atoms with Gasteiger partial charge in [-0.2, -0.15) is 0 Å². The van der Waals surface area contributed by atoms with Crippen molar-refractivity contribution in [2.45, 2.75) is 86.6 Å². The van der Waals surface area contributed by atoms with Gasteiger partial charge in [0, 0.05) is 53.9 Å². The first kappa shape index (κ1) is 31.7. The number of nitrogens with zero attached hydrogens (tertiary/aromatic N) is 3. The first-order valence-corrected chi connectivity index (χ1v) is 14.6. The topological polar surface area (TPSA) is 45.1 Å². The maximum Gasteiger partial charge on any atom is 0.409 e. The van der Waals surface area contributed by atoms with Gasteiger partial charge in [0.1, 0.15) is 0 Å². The van der Waals surface area contributed by atoms with E-state index in [1.807, 2.05) is 36.2 Å². The molecule has 38 heavy (non-hydrogen) atoms. The van der Waals surface area contributed by atoms with Crippen LogP contribution in [-0.4, -0.2) is 53.9 Å². The molecule has 1 atom stereocenters. The van der Waals surface area contributed by atoms with Crippen molar-refractivity contribution >= 4 is 23.4 Å². The van der Waals surface area contributed by atoms with E-state index < -0.39 is 0 Å². The highest BCUT2D eigenvalue weighted by Crippen LogP contribution is 2.42. The van der Waals surface area contributed by atoms with Gasteiger partial charge in [-0.1, -0.05) is 56.2 Å². The Labute approximate surface area is 236 Å². The molecule has 1 aromatic rings. The Bertz CT molecular complexity index is 1020. The number of allylic oxidation sites excluding steroid dienone is 5. The normalized spacial score (nSPS) is 19.2. The standard InChI is InChI=1S/C23H37N3O2.C9H11Cl/c1-7-10-13-24-18(5)22(21(8-2)20-11-12-20)19(6)26-15-14-25(16-17(26)4)23(27)28-9-3;1-2-4-8-5-3-6-9(10)7-8/h8,10,13,17,20H,7,9,11-12,14-16H2,1-6H3;3,5-7H,2,4H2,1H3/b13-10+,21-8-,22-19-,24-18+;. The van der Waals surface area contributed by atoms with Crippen molar-refractivity contribution in [2.75, 3.05) is 26.2 Å². The molecule has 5 nitrogen and oxygen atoms in total. The molecule has 2 aliphatic rings. The number of carbonyl (C=O) groups excluding carboxylic acids is 1. The SMILES string of the molecule is CCCc1cccc(Cl)c1.C\C=C(C(/C(C)=N/C=C/CC)=C(/C)N1CCN(C(=O)OCC)CC1C)\C1CC1. The van der Waals surface area contributed by atoms with Crippen molar-refractivity contribution in [3.8, 4) is 0 Å². The Morgan fingerprint density at radius 2 is 1.92 bits per heavy atom. The van der Waals surface area contributed by atoms with E-state index in [-0.39, 0.29) is 12.1 Å². The van der Waals surface area contributed by atoms with Gasteiger partial charge < -0.3 is 14.5 Å². The lowest BCUT2D eigenvalue weighted by molar-refractivity contribution is 0.0696. The molecule has 3 rings (SSSR count). The summed E-state index contributed by atoms with van der Waals surface area (Å²) in [4.78, 5) is 21.1. The van der Waals surface area contributed by atoms with Crippen LogP contribution in [0.4, 0.5) is 4.79 Å². The largest absolute Gasteiger partial charge is 0.450 e. The van der Waals surface area contributed by atoms with Gasteiger partial charge in [0.05, 0.1) is 6.61 Å². The van der Waals surface area contributed by atoms with Crippen molar-refractivity contribution in [2.24, 2.45) is 10.9 Å². The van der Waals surface area contributed by atoms with Crippen LogP contribution >= 0.6 is 11.6 Å². The molecule has 1 saturated heterocycles.